The molecular weight excluding hydrogens is 325 g/mol. The second kappa shape index (κ2) is 6.86. The summed E-state index contributed by atoms with van der Waals surface area (Å²) in [6, 6.07) is 4.86. The van der Waals surface area contributed by atoms with Gasteiger partial charge in [-0.15, -0.1) is 24.8 Å². The monoisotopic (exact) mass is 343 g/mol. The Bertz CT molecular complexity index is 661. The van der Waals surface area contributed by atoms with Crippen LogP contribution in [0.15, 0.2) is 29.0 Å². The lowest BCUT2D eigenvalue weighted by molar-refractivity contribution is 0.0928. The number of furan rings is 1. The van der Waals surface area contributed by atoms with Crippen molar-refractivity contribution >= 4 is 41.7 Å². The molecule has 1 amide bonds. The van der Waals surface area contributed by atoms with Crippen LogP contribution in [0.5, 0.6) is 0 Å². The largest absolute Gasteiger partial charge is 0.463 e. The zero-order chi connectivity index (χ0) is 13.5. The van der Waals surface area contributed by atoms with Gasteiger partial charge in [-0.1, -0.05) is 6.42 Å². The lowest BCUT2D eigenvalue weighted by Crippen LogP contribution is -2.44. The third-order valence-corrected chi connectivity index (χ3v) is 4.43. The van der Waals surface area contributed by atoms with Gasteiger partial charge in [-0.2, -0.15) is 0 Å². The molecule has 120 valence electrons. The van der Waals surface area contributed by atoms with Crippen molar-refractivity contribution in [3.05, 3.63) is 30.3 Å². The minimum absolute atomic E-state index is 0. The highest BCUT2D eigenvalue weighted by molar-refractivity contribution is 5.95. The molecule has 0 unspecified atom stereocenters. The Morgan fingerprint density at radius 2 is 2.23 bits per heavy atom. The number of pyridine rings is 1. The van der Waals surface area contributed by atoms with Crippen LogP contribution < -0.4 is 10.6 Å². The van der Waals surface area contributed by atoms with Crippen LogP contribution in [0.25, 0.3) is 11.0 Å². The van der Waals surface area contributed by atoms with E-state index in [9.17, 15) is 4.79 Å². The fraction of sp³-hybridized carbons (Fsp3) is 0.467. The molecule has 2 aromatic rings. The van der Waals surface area contributed by atoms with E-state index >= 15 is 0 Å². The quantitative estimate of drug-likeness (QED) is 0.879. The van der Waals surface area contributed by atoms with Crippen LogP contribution in [0.3, 0.4) is 0 Å². The fourth-order valence-corrected chi connectivity index (χ4v) is 3.42. The van der Waals surface area contributed by atoms with Crippen LogP contribution in [0.4, 0.5) is 0 Å². The van der Waals surface area contributed by atoms with Gasteiger partial charge >= 0.3 is 0 Å². The van der Waals surface area contributed by atoms with E-state index in [2.05, 4.69) is 15.6 Å². The van der Waals surface area contributed by atoms with Gasteiger partial charge in [0.05, 0.1) is 12.5 Å². The number of carbonyl (C=O) groups is 1. The first kappa shape index (κ1) is 17.1. The summed E-state index contributed by atoms with van der Waals surface area (Å²) in [6.07, 6.45) is 7.88. The molecule has 0 aliphatic carbocycles. The average Bonchev–Trinajstić information content (AvgIpc) is 3.03. The van der Waals surface area contributed by atoms with Crippen LogP contribution in [0, 0.1) is 0 Å². The van der Waals surface area contributed by atoms with Crippen LogP contribution >= 0.6 is 24.8 Å². The van der Waals surface area contributed by atoms with Gasteiger partial charge in [0.25, 0.3) is 5.91 Å². The lowest BCUT2D eigenvalue weighted by atomic mass is 10.1. The molecule has 5 nitrogen and oxygen atoms in total. The number of carbonyl (C=O) groups excluding carboxylic acids is 1. The normalized spacial score (nSPS) is 26.1. The lowest BCUT2D eigenvalue weighted by Gasteiger charge is -2.23. The molecule has 0 aromatic carbocycles. The van der Waals surface area contributed by atoms with Crippen molar-refractivity contribution in [2.45, 2.75) is 43.8 Å². The molecule has 2 aromatic heterocycles. The Morgan fingerprint density at radius 3 is 3.05 bits per heavy atom. The highest BCUT2D eigenvalue weighted by Gasteiger charge is 2.37. The van der Waals surface area contributed by atoms with Gasteiger partial charge in [-0.05, 0) is 31.4 Å². The first-order valence-electron chi connectivity index (χ1n) is 7.20. The SMILES string of the molecule is Cl.Cl.O=C(N[C@@H]1C[C@H]2CCC[C@@H]1N2)c1cc2ccoc2cn1. The molecule has 2 fully saturated rings. The molecule has 3 atom stereocenters. The molecule has 2 saturated heterocycles. The Hall–Kier alpha value is -1.30. The van der Waals surface area contributed by atoms with Crippen molar-refractivity contribution in [1.29, 1.82) is 0 Å². The molecule has 2 aliphatic heterocycles. The van der Waals surface area contributed by atoms with Crippen molar-refractivity contribution < 1.29 is 9.21 Å². The summed E-state index contributed by atoms with van der Waals surface area (Å²) in [7, 11) is 0. The predicted molar refractivity (Wildman–Crippen MR) is 88.9 cm³/mol. The van der Waals surface area contributed by atoms with Crippen molar-refractivity contribution in [3.63, 3.8) is 0 Å². The molecule has 4 heterocycles. The van der Waals surface area contributed by atoms with Crippen molar-refractivity contribution in [3.8, 4) is 0 Å². The summed E-state index contributed by atoms with van der Waals surface area (Å²) in [5.74, 6) is -0.0903. The Balaban J connectivity index is 0.000000882. The van der Waals surface area contributed by atoms with Crippen molar-refractivity contribution in [1.82, 2.24) is 15.6 Å². The van der Waals surface area contributed by atoms with Gasteiger partial charge in [0.1, 0.15) is 5.69 Å². The number of hydrogen-bond donors (Lipinski definition) is 2. The smallest absolute Gasteiger partial charge is 0.270 e. The molecular formula is C15H19Cl2N3O2. The summed E-state index contributed by atoms with van der Waals surface area (Å²) in [5.41, 5.74) is 1.17. The highest BCUT2D eigenvalue weighted by Crippen LogP contribution is 2.27. The number of aromatic nitrogens is 1. The van der Waals surface area contributed by atoms with E-state index in [-0.39, 0.29) is 36.8 Å². The standard InChI is InChI=1S/C15H17N3O2.2ClH/c19-15(13-6-9-4-5-20-14(9)8-16-13)18-12-7-10-2-1-3-11(12)17-10;;/h4-6,8,10-12,17H,1-3,7H2,(H,18,19);2*1H/t10-,11+,12-;;/m1../s1. The minimum atomic E-state index is -0.0903. The Kier molecular flexibility index (Phi) is 5.32. The van der Waals surface area contributed by atoms with Crippen LogP contribution in [0.1, 0.15) is 36.2 Å². The van der Waals surface area contributed by atoms with Gasteiger partial charge < -0.3 is 15.1 Å². The molecule has 2 N–H and O–H groups in total. The maximum Gasteiger partial charge on any atom is 0.270 e. The highest BCUT2D eigenvalue weighted by atomic mass is 35.5. The number of halogens is 2. The first-order valence-corrected chi connectivity index (χ1v) is 7.20. The van der Waals surface area contributed by atoms with Gasteiger partial charge in [0, 0.05) is 23.5 Å². The summed E-state index contributed by atoms with van der Waals surface area (Å²) in [6.45, 7) is 0. The molecule has 7 heteroatoms. The molecule has 0 radical (unpaired) electrons. The third-order valence-electron chi connectivity index (χ3n) is 4.43. The Morgan fingerprint density at radius 1 is 1.36 bits per heavy atom. The number of rotatable bonds is 2. The minimum Gasteiger partial charge on any atom is -0.463 e. The molecule has 4 rings (SSSR count). The summed E-state index contributed by atoms with van der Waals surface area (Å²) in [5, 5.41) is 7.61. The molecule has 0 spiro atoms. The van der Waals surface area contributed by atoms with E-state index in [1.54, 1.807) is 18.5 Å². The predicted octanol–water partition coefficient (Wildman–Crippen LogP) is 2.68. The molecule has 0 saturated carbocycles. The average molecular weight is 344 g/mol. The second-order valence-electron chi connectivity index (χ2n) is 5.74. The maximum atomic E-state index is 12.3. The number of nitrogens with one attached hydrogen (secondary N) is 2. The number of fused-ring (bicyclic) bond motifs is 3. The molecule has 22 heavy (non-hydrogen) atoms. The van der Waals surface area contributed by atoms with E-state index in [1.165, 1.54) is 12.8 Å². The number of nitrogens with zero attached hydrogens (tertiary/aromatic N) is 1. The summed E-state index contributed by atoms with van der Waals surface area (Å²) < 4.78 is 5.24. The van der Waals surface area contributed by atoms with Gasteiger partial charge in [-0.25, -0.2) is 4.98 Å². The second-order valence-corrected chi connectivity index (χ2v) is 5.74. The molecule has 2 bridgehead atoms. The van der Waals surface area contributed by atoms with Gasteiger partial charge in [-0.3, -0.25) is 4.79 Å². The number of amides is 1. The van der Waals surface area contributed by atoms with Crippen LogP contribution in [-0.2, 0) is 0 Å². The fourth-order valence-electron chi connectivity index (χ4n) is 3.42. The number of piperidine rings is 1. The van der Waals surface area contributed by atoms with E-state index in [0.717, 1.165) is 18.2 Å². The Labute approximate surface area is 141 Å². The summed E-state index contributed by atoms with van der Waals surface area (Å²) in [4.78, 5) is 16.5. The van der Waals surface area contributed by atoms with Crippen molar-refractivity contribution in [2.75, 3.05) is 0 Å². The van der Waals surface area contributed by atoms with E-state index < -0.39 is 0 Å². The first-order chi connectivity index (χ1) is 9.79. The zero-order valence-electron chi connectivity index (χ0n) is 12.0. The van der Waals surface area contributed by atoms with Gasteiger partial charge in [0.2, 0.25) is 0 Å². The van der Waals surface area contributed by atoms with Crippen molar-refractivity contribution in [2.24, 2.45) is 0 Å². The topological polar surface area (TPSA) is 67.2 Å². The van der Waals surface area contributed by atoms with Crippen LogP contribution in [0.2, 0.25) is 0 Å². The van der Waals surface area contributed by atoms with Gasteiger partial charge in [0.15, 0.2) is 5.58 Å². The van der Waals surface area contributed by atoms with E-state index in [4.69, 9.17) is 4.42 Å². The van der Waals surface area contributed by atoms with E-state index in [1.807, 2.05) is 6.07 Å². The zero-order valence-corrected chi connectivity index (χ0v) is 13.6. The third kappa shape index (κ3) is 3.07. The molecule has 2 aliphatic rings. The van der Waals surface area contributed by atoms with Crippen LogP contribution in [-0.4, -0.2) is 29.0 Å². The van der Waals surface area contributed by atoms with E-state index in [0.29, 0.717) is 23.4 Å². The number of hydrogen-bond acceptors (Lipinski definition) is 4. The maximum absolute atomic E-state index is 12.3. The summed E-state index contributed by atoms with van der Waals surface area (Å²) >= 11 is 0.